The molecular weight excluding hydrogens is 282 g/mol. The van der Waals surface area contributed by atoms with E-state index in [0.717, 1.165) is 17.9 Å². The van der Waals surface area contributed by atoms with Gasteiger partial charge in [0.15, 0.2) is 5.11 Å². The molecule has 2 rings (SSSR count). The Hall–Kier alpha value is -2.14. The number of nitrogens with one attached hydrogen (secondary N) is 2. The average molecular weight is 301 g/mol. The topological polar surface area (TPSA) is 46.2 Å². The summed E-state index contributed by atoms with van der Waals surface area (Å²) in [6.45, 7) is 2.12. The maximum Gasteiger partial charge on any atom is 0.171 e. The highest BCUT2D eigenvalue weighted by molar-refractivity contribution is 7.80. The van der Waals surface area contributed by atoms with Crippen molar-refractivity contribution in [2.45, 2.75) is 19.4 Å². The second-order valence-electron chi connectivity index (χ2n) is 4.57. The molecule has 0 aliphatic heterocycles. The molecule has 2 aromatic rings. The molecule has 0 spiro atoms. The van der Waals surface area contributed by atoms with Gasteiger partial charge in [-0.05, 0) is 48.5 Å². The molecule has 0 saturated heterocycles. The van der Waals surface area contributed by atoms with Crippen LogP contribution in [0.3, 0.4) is 0 Å². The van der Waals surface area contributed by atoms with Gasteiger partial charge >= 0.3 is 0 Å². The van der Waals surface area contributed by atoms with Crippen LogP contribution in [0.2, 0.25) is 0 Å². The molecule has 21 heavy (non-hydrogen) atoms. The highest BCUT2D eigenvalue weighted by Gasteiger charge is 2.10. The van der Waals surface area contributed by atoms with Gasteiger partial charge in [0, 0.05) is 18.1 Å². The molecule has 110 valence electrons. The number of rotatable bonds is 5. The van der Waals surface area contributed by atoms with Crippen LogP contribution in [0, 0.1) is 0 Å². The van der Waals surface area contributed by atoms with E-state index in [0.29, 0.717) is 5.11 Å². The molecule has 0 fully saturated rings. The predicted molar refractivity (Wildman–Crippen MR) is 89.6 cm³/mol. The molecule has 1 atom stereocenters. The SMILES string of the molecule is CC[C@@H](NC(=S)Nc1ccncc1)c1ccc(OC)cc1. The maximum absolute atomic E-state index is 5.36. The van der Waals surface area contributed by atoms with E-state index in [1.165, 1.54) is 5.56 Å². The van der Waals surface area contributed by atoms with Gasteiger partial charge in [0.25, 0.3) is 0 Å². The highest BCUT2D eigenvalue weighted by atomic mass is 32.1. The molecular formula is C16H19N3OS. The number of benzene rings is 1. The first-order chi connectivity index (χ1) is 10.2. The molecule has 1 aromatic carbocycles. The van der Waals surface area contributed by atoms with Crippen molar-refractivity contribution in [1.82, 2.24) is 10.3 Å². The third-order valence-electron chi connectivity index (χ3n) is 3.17. The van der Waals surface area contributed by atoms with Crippen LogP contribution in [0.4, 0.5) is 5.69 Å². The number of methoxy groups -OCH3 is 1. The monoisotopic (exact) mass is 301 g/mol. The Morgan fingerprint density at radius 2 is 1.86 bits per heavy atom. The molecule has 2 N–H and O–H groups in total. The van der Waals surface area contributed by atoms with E-state index in [-0.39, 0.29) is 6.04 Å². The quantitative estimate of drug-likeness (QED) is 0.827. The van der Waals surface area contributed by atoms with Gasteiger partial charge in [-0.1, -0.05) is 19.1 Å². The minimum absolute atomic E-state index is 0.165. The Labute approximate surface area is 130 Å². The second kappa shape index (κ2) is 7.59. The van der Waals surface area contributed by atoms with Crippen molar-refractivity contribution in [1.29, 1.82) is 0 Å². The van der Waals surface area contributed by atoms with Crippen LogP contribution in [-0.2, 0) is 0 Å². The van der Waals surface area contributed by atoms with Gasteiger partial charge < -0.3 is 15.4 Å². The number of nitrogens with zero attached hydrogens (tertiary/aromatic N) is 1. The lowest BCUT2D eigenvalue weighted by atomic mass is 10.0. The lowest BCUT2D eigenvalue weighted by molar-refractivity contribution is 0.414. The number of thiocarbonyl (C=S) groups is 1. The first-order valence-corrected chi connectivity index (χ1v) is 7.25. The van der Waals surface area contributed by atoms with Crippen molar-refractivity contribution >= 4 is 23.0 Å². The van der Waals surface area contributed by atoms with Crippen LogP contribution in [0.1, 0.15) is 24.9 Å². The van der Waals surface area contributed by atoms with Crippen LogP contribution >= 0.6 is 12.2 Å². The van der Waals surface area contributed by atoms with Crippen LogP contribution in [0.5, 0.6) is 5.75 Å². The van der Waals surface area contributed by atoms with E-state index in [9.17, 15) is 0 Å². The zero-order valence-corrected chi connectivity index (χ0v) is 13.0. The molecule has 0 saturated carbocycles. The summed E-state index contributed by atoms with van der Waals surface area (Å²) in [5.74, 6) is 0.853. The molecule has 5 heteroatoms. The number of pyridine rings is 1. The van der Waals surface area contributed by atoms with E-state index in [1.54, 1.807) is 19.5 Å². The first kappa shape index (κ1) is 15.3. The number of ether oxygens (including phenoxy) is 1. The normalized spacial score (nSPS) is 11.5. The number of hydrogen-bond donors (Lipinski definition) is 2. The third-order valence-corrected chi connectivity index (χ3v) is 3.39. The van der Waals surface area contributed by atoms with Gasteiger partial charge in [-0.15, -0.1) is 0 Å². The Bertz CT molecular complexity index is 572. The van der Waals surface area contributed by atoms with Crippen LogP contribution < -0.4 is 15.4 Å². The second-order valence-corrected chi connectivity index (χ2v) is 4.98. The summed E-state index contributed by atoms with van der Waals surface area (Å²) in [6, 6.07) is 11.9. The molecule has 1 heterocycles. The van der Waals surface area contributed by atoms with Gasteiger partial charge in [-0.2, -0.15) is 0 Å². The summed E-state index contributed by atoms with van der Waals surface area (Å²) in [4.78, 5) is 3.98. The largest absolute Gasteiger partial charge is 0.497 e. The van der Waals surface area contributed by atoms with Crippen molar-refractivity contribution in [3.63, 3.8) is 0 Å². The minimum atomic E-state index is 0.165. The van der Waals surface area contributed by atoms with E-state index in [4.69, 9.17) is 17.0 Å². The van der Waals surface area contributed by atoms with Gasteiger partial charge in [0.2, 0.25) is 0 Å². The molecule has 0 aliphatic carbocycles. The van der Waals surface area contributed by atoms with E-state index < -0.39 is 0 Å². The lowest BCUT2D eigenvalue weighted by Crippen LogP contribution is -2.32. The fraction of sp³-hybridized carbons (Fsp3) is 0.250. The smallest absolute Gasteiger partial charge is 0.171 e. The fourth-order valence-corrected chi connectivity index (χ4v) is 2.28. The molecule has 1 aromatic heterocycles. The van der Waals surface area contributed by atoms with Crippen LogP contribution in [-0.4, -0.2) is 17.2 Å². The van der Waals surface area contributed by atoms with E-state index in [1.807, 2.05) is 24.3 Å². The van der Waals surface area contributed by atoms with Gasteiger partial charge in [-0.3, -0.25) is 4.98 Å². The van der Waals surface area contributed by atoms with Crippen LogP contribution in [0.15, 0.2) is 48.8 Å². The molecule has 0 aliphatic rings. The summed E-state index contributed by atoms with van der Waals surface area (Å²) in [7, 11) is 1.67. The molecule has 0 radical (unpaired) electrons. The number of anilines is 1. The molecule has 0 amide bonds. The predicted octanol–water partition coefficient (Wildman–Crippen LogP) is 3.53. The van der Waals surface area contributed by atoms with Crippen molar-refractivity contribution in [3.8, 4) is 5.75 Å². The summed E-state index contributed by atoms with van der Waals surface area (Å²) in [5, 5.41) is 7.08. The number of hydrogen-bond acceptors (Lipinski definition) is 3. The standard InChI is InChI=1S/C16H19N3OS/c1-3-15(12-4-6-14(20-2)7-5-12)19-16(21)18-13-8-10-17-11-9-13/h4-11,15H,3H2,1-2H3,(H2,17,18,19,21)/t15-/m1/s1. The third kappa shape index (κ3) is 4.43. The van der Waals surface area contributed by atoms with Crippen molar-refractivity contribution in [3.05, 3.63) is 54.4 Å². The van der Waals surface area contributed by atoms with Gasteiger partial charge in [0.05, 0.1) is 13.2 Å². The van der Waals surface area contributed by atoms with Gasteiger partial charge in [-0.25, -0.2) is 0 Å². The summed E-state index contributed by atoms with van der Waals surface area (Å²) >= 11 is 5.36. The van der Waals surface area contributed by atoms with Crippen molar-refractivity contribution in [2.24, 2.45) is 0 Å². The number of aromatic nitrogens is 1. The van der Waals surface area contributed by atoms with E-state index in [2.05, 4.69) is 34.7 Å². The molecule has 0 unspecified atom stereocenters. The Morgan fingerprint density at radius 1 is 1.19 bits per heavy atom. The van der Waals surface area contributed by atoms with Crippen LogP contribution in [0.25, 0.3) is 0 Å². The molecule has 0 bridgehead atoms. The average Bonchev–Trinajstić information content (AvgIpc) is 2.53. The Kier molecular flexibility index (Phi) is 5.51. The van der Waals surface area contributed by atoms with Gasteiger partial charge in [0.1, 0.15) is 5.75 Å². The fourth-order valence-electron chi connectivity index (χ4n) is 2.02. The summed E-state index contributed by atoms with van der Waals surface area (Å²) in [6.07, 6.45) is 4.39. The molecule has 4 nitrogen and oxygen atoms in total. The van der Waals surface area contributed by atoms with Crippen molar-refractivity contribution in [2.75, 3.05) is 12.4 Å². The Balaban J connectivity index is 1.99. The first-order valence-electron chi connectivity index (χ1n) is 6.84. The lowest BCUT2D eigenvalue weighted by Gasteiger charge is -2.20. The maximum atomic E-state index is 5.36. The minimum Gasteiger partial charge on any atom is -0.497 e. The van der Waals surface area contributed by atoms with E-state index >= 15 is 0 Å². The van der Waals surface area contributed by atoms with Crippen molar-refractivity contribution < 1.29 is 4.74 Å². The Morgan fingerprint density at radius 3 is 2.43 bits per heavy atom. The summed E-state index contributed by atoms with van der Waals surface area (Å²) < 4.78 is 5.18. The highest BCUT2D eigenvalue weighted by Crippen LogP contribution is 2.20. The zero-order chi connectivity index (χ0) is 15.1. The summed E-state index contributed by atoms with van der Waals surface area (Å²) in [5.41, 5.74) is 2.10. The zero-order valence-electron chi connectivity index (χ0n) is 12.2.